The Hall–Kier alpha value is -0.610. The molecule has 0 aromatic carbocycles. The van der Waals surface area contributed by atoms with Crippen LogP contribution < -0.4 is 0 Å². The molecular weight excluding hydrogens is 158 g/mol. The van der Waals surface area contributed by atoms with Crippen molar-refractivity contribution in [2.75, 3.05) is 0 Å². The van der Waals surface area contributed by atoms with Crippen molar-refractivity contribution in [3.63, 3.8) is 0 Å². The third kappa shape index (κ3) is 1.03. The van der Waals surface area contributed by atoms with Crippen LogP contribution in [-0.2, 0) is 9.47 Å². The summed E-state index contributed by atoms with van der Waals surface area (Å²) in [5, 5.41) is 11.1. The number of hydrogen-bond acceptors (Lipinski definition) is 3. The maximum Gasteiger partial charge on any atom is 0.189 e. The second-order valence-corrected chi connectivity index (χ2v) is 3.81. The molecule has 0 amide bonds. The van der Waals surface area contributed by atoms with E-state index in [1.54, 1.807) is 6.21 Å². The van der Waals surface area contributed by atoms with Crippen LogP contribution in [0.4, 0.5) is 0 Å². The first-order valence-electron chi connectivity index (χ1n) is 4.16. The van der Waals surface area contributed by atoms with Gasteiger partial charge in [0.25, 0.3) is 0 Å². The van der Waals surface area contributed by atoms with E-state index in [1.807, 2.05) is 20.8 Å². The van der Waals surface area contributed by atoms with Crippen molar-refractivity contribution in [3.8, 4) is 0 Å². The molecule has 1 saturated heterocycles. The molecule has 2 rings (SSSR count). The summed E-state index contributed by atoms with van der Waals surface area (Å²) in [4.78, 5) is 0. The largest absolute Gasteiger partial charge is 0.624 e. The van der Waals surface area contributed by atoms with Gasteiger partial charge in [-0.25, -0.2) is 4.74 Å². The third-order valence-corrected chi connectivity index (χ3v) is 2.33. The van der Waals surface area contributed by atoms with Crippen LogP contribution >= 0.6 is 0 Å². The van der Waals surface area contributed by atoms with E-state index in [9.17, 15) is 5.21 Å². The van der Waals surface area contributed by atoms with Gasteiger partial charge in [0.2, 0.25) is 0 Å². The normalized spacial score (nSPS) is 44.2. The quantitative estimate of drug-likeness (QED) is 0.393. The van der Waals surface area contributed by atoms with Gasteiger partial charge in [-0.2, -0.15) is 0 Å². The molecule has 12 heavy (non-hydrogen) atoms. The van der Waals surface area contributed by atoms with E-state index in [4.69, 9.17) is 9.47 Å². The summed E-state index contributed by atoms with van der Waals surface area (Å²) < 4.78 is 12.0. The first kappa shape index (κ1) is 8.01. The van der Waals surface area contributed by atoms with Crippen molar-refractivity contribution >= 4 is 6.21 Å². The van der Waals surface area contributed by atoms with Gasteiger partial charge in [-0.1, -0.05) is 0 Å². The first-order valence-corrected chi connectivity index (χ1v) is 4.16. The third-order valence-electron chi connectivity index (χ3n) is 2.33. The maximum atomic E-state index is 11.1. The van der Waals surface area contributed by atoms with E-state index in [0.717, 1.165) is 4.74 Å². The summed E-state index contributed by atoms with van der Waals surface area (Å²) in [5.74, 6) is -0.540. The molecular formula is C8H13NO3. The molecule has 68 valence electrons. The Morgan fingerprint density at radius 1 is 1.42 bits per heavy atom. The minimum absolute atomic E-state index is 0.0995. The van der Waals surface area contributed by atoms with Crippen molar-refractivity contribution in [2.45, 2.75) is 44.8 Å². The van der Waals surface area contributed by atoms with Crippen molar-refractivity contribution in [1.82, 2.24) is 0 Å². The Labute approximate surface area is 71.4 Å². The van der Waals surface area contributed by atoms with E-state index in [1.165, 1.54) is 0 Å². The fourth-order valence-corrected chi connectivity index (χ4v) is 1.73. The van der Waals surface area contributed by atoms with Gasteiger partial charge in [-0.15, -0.1) is 0 Å². The topological polar surface area (TPSA) is 44.5 Å². The average molecular weight is 171 g/mol. The van der Waals surface area contributed by atoms with Crippen LogP contribution in [-0.4, -0.2) is 35.0 Å². The van der Waals surface area contributed by atoms with E-state index in [2.05, 4.69) is 0 Å². The van der Waals surface area contributed by atoms with Gasteiger partial charge in [-0.3, -0.25) is 0 Å². The lowest BCUT2D eigenvalue weighted by molar-refractivity contribution is -0.496. The van der Waals surface area contributed by atoms with Crippen LogP contribution in [0.3, 0.4) is 0 Å². The molecule has 2 aliphatic rings. The van der Waals surface area contributed by atoms with Gasteiger partial charge < -0.3 is 14.7 Å². The summed E-state index contributed by atoms with van der Waals surface area (Å²) in [6.45, 7) is 5.57. The highest BCUT2D eigenvalue weighted by molar-refractivity contribution is 5.61. The van der Waals surface area contributed by atoms with Crippen LogP contribution in [0.2, 0.25) is 0 Å². The Kier molecular flexibility index (Phi) is 1.47. The van der Waals surface area contributed by atoms with E-state index in [0.29, 0.717) is 0 Å². The number of rotatable bonds is 0. The highest BCUT2D eigenvalue weighted by atomic mass is 16.8. The van der Waals surface area contributed by atoms with Crippen molar-refractivity contribution in [2.24, 2.45) is 0 Å². The predicted octanol–water partition coefficient (Wildman–Crippen LogP) is 0.490. The molecule has 2 heterocycles. The molecule has 0 aliphatic carbocycles. The van der Waals surface area contributed by atoms with E-state index < -0.39 is 5.79 Å². The molecule has 0 saturated carbocycles. The van der Waals surface area contributed by atoms with Crippen LogP contribution in [0, 0.1) is 5.21 Å². The van der Waals surface area contributed by atoms with Crippen molar-refractivity contribution in [1.29, 1.82) is 0 Å². The Bertz CT molecular complexity index is 236. The number of ether oxygens (including phenoxy) is 2. The lowest BCUT2D eigenvalue weighted by Gasteiger charge is -2.19. The second kappa shape index (κ2) is 2.20. The monoisotopic (exact) mass is 171 g/mol. The molecule has 2 unspecified atom stereocenters. The molecule has 0 spiro atoms. The number of nitrogens with zero attached hydrogens (tertiary/aromatic N) is 1. The molecule has 0 aromatic heterocycles. The minimum atomic E-state index is -0.540. The van der Waals surface area contributed by atoms with Gasteiger partial charge in [0.05, 0.1) is 0 Å². The van der Waals surface area contributed by atoms with E-state index in [-0.39, 0.29) is 18.2 Å². The van der Waals surface area contributed by atoms with E-state index >= 15 is 0 Å². The Morgan fingerprint density at radius 2 is 2.08 bits per heavy atom. The summed E-state index contributed by atoms with van der Waals surface area (Å²) in [5.41, 5.74) is 0. The van der Waals surface area contributed by atoms with Crippen LogP contribution in [0.5, 0.6) is 0 Å². The predicted molar refractivity (Wildman–Crippen MR) is 43.0 cm³/mol. The summed E-state index contributed by atoms with van der Waals surface area (Å²) >= 11 is 0. The summed E-state index contributed by atoms with van der Waals surface area (Å²) in [6, 6.07) is -0.128. The Balaban J connectivity index is 2.19. The second-order valence-electron chi connectivity index (χ2n) is 3.81. The molecule has 0 N–H and O–H groups in total. The van der Waals surface area contributed by atoms with Gasteiger partial charge in [0.15, 0.2) is 30.3 Å². The minimum Gasteiger partial charge on any atom is -0.624 e. The molecule has 4 heteroatoms. The molecule has 0 radical (unpaired) electrons. The molecule has 2 aliphatic heterocycles. The fraction of sp³-hybridized carbons (Fsp3) is 0.875. The zero-order valence-corrected chi connectivity index (χ0v) is 7.48. The lowest BCUT2D eigenvalue weighted by Crippen LogP contribution is -2.31. The standard InChI is InChI=1S/C8H13NO3/c1-5-7-6(4-9(5)10)11-8(2,3)12-7/h4-7H,1-3H3/t5-,6?,7?/m0/s1. The highest BCUT2D eigenvalue weighted by Crippen LogP contribution is 2.32. The van der Waals surface area contributed by atoms with Crippen LogP contribution in [0.1, 0.15) is 20.8 Å². The molecule has 0 bridgehead atoms. The molecule has 0 aromatic rings. The van der Waals surface area contributed by atoms with Crippen molar-refractivity contribution < 1.29 is 14.2 Å². The summed E-state index contributed by atoms with van der Waals surface area (Å²) in [6.07, 6.45) is 1.29. The maximum absolute atomic E-state index is 11.1. The van der Waals surface area contributed by atoms with Crippen molar-refractivity contribution in [3.05, 3.63) is 5.21 Å². The summed E-state index contributed by atoms with van der Waals surface area (Å²) in [7, 11) is 0. The number of fused-ring (bicyclic) bond motifs is 1. The highest BCUT2D eigenvalue weighted by Gasteiger charge is 2.51. The van der Waals surface area contributed by atoms with Gasteiger partial charge in [-0.05, 0) is 13.8 Å². The number of hydrogen-bond donors (Lipinski definition) is 0. The smallest absolute Gasteiger partial charge is 0.189 e. The SMILES string of the molecule is C[C@H]1C2OC(C)(C)OC2C=[N+]1[O-]. The molecule has 3 atom stereocenters. The number of hydroxylamine groups is 1. The van der Waals surface area contributed by atoms with Gasteiger partial charge in [0, 0.05) is 6.92 Å². The Morgan fingerprint density at radius 3 is 2.67 bits per heavy atom. The fourth-order valence-electron chi connectivity index (χ4n) is 1.73. The van der Waals surface area contributed by atoms with Gasteiger partial charge in [0.1, 0.15) is 0 Å². The zero-order valence-electron chi connectivity index (χ0n) is 7.48. The van der Waals surface area contributed by atoms with Crippen LogP contribution in [0.15, 0.2) is 0 Å². The average Bonchev–Trinajstić information content (AvgIpc) is 2.33. The van der Waals surface area contributed by atoms with Crippen LogP contribution in [0.25, 0.3) is 0 Å². The molecule has 1 fully saturated rings. The lowest BCUT2D eigenvalue weighted by atomic mass is 10.1. The molecule has 4 nitrogen and oxygen atoms in total. The first-order chi connectivity index (χ1) is 5.49. The van der Waals surface area contributed by atoms with Gasteiger partial charge >= 0.3 is 0 Å². The zero-order chi connectivity index (χ0) is 8.93.